The molecule has 2 aromatic carbocycles. The largest absolute Gasteiger partial charge is 0.354 e. The van der Waals surface area contributed by atoms with Crippen LogP contribution in [-0.2, 0) is 0 Å². The third kappa shape index (κ3) is 2.42. The number of nitrogens with zero attached hydrogens (tertiary/aromatic N) is 3. The Balaban J connectivity index is 1.78. The van der Waals surface area contributed by atoms with Gasteiger partial charge in [-0.15, -0.1) is 0 Å². The quantitative estimate of drug-likeness (QED) is 0.535. The Hall–Kier alpha value is -3.14. The van der Waals surface area contributed by atoms with E-state index in [-0.39, 0.29) is 0 Å². The molecule has 0 amide bonds. The van der Waals surface area contributed by atoms with E-state index in [0.717, 1.165) is 28.0 Å². The zero-order valence-corrected chi connectivity index (χ0v) is 13.6. The molecule has 118 valence electrons. The van der Waals surface area contributed by atoms with E-state index in [4.69, 9.17) is 4.52 Å². The molecule has 0 radical (unpaired) electrons. The van der Waals surface area contributed by atoms with Crippen LogP contribution in [0, 0.1) is 6.92 Å². The molecule has 0 bridgehead atoms. The van der Waals surface area contributed by atoms with Gasteiger partial charge >= 0.3 is 0 Å². The van der Waals surface area contributed by atoms with Crippen LogP contribution >= 0.6 is 0 Å². The third-order valence-corrected chi connectivity index (χ3v) is 4.26. The molecule has 0 saturated heterocycles. The number of aromatic nitrogens is 2. The van der Waals surface area contributed by atoms with Gasteiger partial charge in [0.25, 0.3) is 0 Å². The van der Waals surface area contributed by atoms with Crippen molar-refractivity contribution in [3.63, 3.8) is 0 Å². The summed E-state index contributed by atoms with van der Waals surface area (Å²) in [6.07, 6.45) is 3.56. The van der Waals surface area contributed by atoms with Crippen LogP contribution in [0.3, 0.4) is 0 Å². The summed E-state index contributed by atoms with van der Waals surface area (Å²) in [5, 5.41) is 5.24. The molecule has 0 aliphatic carbocycles. The fourth-order valence-corrected chi connectivity index (χ4v) is 2.90. The number of pyridine rings is 1. The first-order valence-electron chi connectivity index (χ1n) is 7.83. The molecule has 24 heavy (non-hydrogen) atoms. The molecule has 4 rings (SSSR count). The third-order valence-electron chi connectivity index (χ3n) is 4.26. The van der Waals surface area contributed by atoms with Crippen LogP contribution < -0.4 is 4.90 Å². The van der Waals surface area contributed by atoms with E-state index in [9.17, 15) is 0 Å². The summed E-state index contributed by atoms with van der Waals surface area (Å²) in [4.78, 5) is 6.14. The fourth-order valence-electron chi connectivity index (χ4n) is 2.90. The maximum absolute atomic E-state index is 5.58. The molecule has 0 spiro atoms. The Labute approximate surface area is 140 Å². The fraction of sp³-hybridized carbons (Fsp3) is 0.100. The molecular formula is C20H17N3O. The Bertz CT molecular complexity index is 992. The van der Waals surface area contributed by atoms with Crippen molar-refractivity contribution in [1.82, 2.24) is 10.1 Å². The van der Waals surface area contributed by atoms with E-state index >= 15 is 0 Å². The van der Waals surface area contributed by atoms with Crippen LogP contribution in [0.1, 0.15) is 5.56 Å². The molecule has 0 unspecified atom stereocenters. The first kappa shape index (κ1) is 14.5. The van der Waals surface area contributed by atoms with Crippen molar-refractivity contribution in [2.75, 3.05) is 11.9 Å². The van der Waals surface area contributed by atoms with Gasteiger partial charge in [0.05, 0.1) is 17.3 Å². The van der Waals surface area contributed by atoms with Gasteiger partial charge in [-0.2, -0.15) is 0 Å². The van der Waals surface area contributed by atoms with E-state index < -0.39 is 0 Å². The Kier molecular flexibility index (Phi) is 3.50. The zero-order valence-electron chi connectivity index (χ0n) is 13.6. The number of benzene rings is 2. The summed E-state index contributed by atoms with van der Waals surface area (Å²) < 4.78 is 5.58. The second kappa shape index (κ2) is 5.81. The maximum Gasteiger partial charge on any atom is 0.184 e. The summed E-state index contributed by atoms with van der Waals surface area (Å²) in [5.74, 6) is 0.786. The lowest BCUT2D eigenvalue weighted by Gasteiger charge is -2.15. The van der Waals surface area contributed by atoms with Crippen LogP contribution in [0.25, 0.3) is 22.1 Å². The zero-order chi connectivity index (χ0) is 16.5. The monoisotopic (exact) mass is 315 g/mol. The Morgan fingerprint density at radius 3 is 2.67 bits per heavy atom. The van der Waals surface area contributed by atoms with Crippen LogP contribution in [-0.4, -0.2) is 17.2 Å². The lowest BCUT2D eigenvalue weighted by atomic mass is 10.00. The number of fused-ring (bicyclic) bond motifs is 1. The summed E-state index contributed by atoms with van der Waals surface area (Å²) in [7, 11) is 1.96. The summed E-state index contributed by atoms with van der Waals surface area (Å²) in [5.41, 5.74) is 5.33. The molecule has 4 heteroatoms. The van der Waals surface area contributed by atoms with Crippen molar-refractivity contribution in [1.29, 1.82) is 0 Å². The van der Waals surface area contributed by atoms with Gasteiger partial charge in [-0.1, -0.05) is 35.5 Å². The number of rotatable bonds is 3. The standard InChI is InChI=1S/C20H17N3O/c1-14-6-3-4-8-17(14)15-9-10-18-19(12-15)24-22-20(18)23(2)16-7-5-11-21-13-16/h3-13H,1-2H3. The molecular weight excluding hydrogens is 298 g/mol. The van der Waals surface area contributed by atoms with Gasteiger partial charge in [-0.25, -0.2) is 0 Å². The first-order chi connectivity index (χ1) is 11.7. The Morgan fingerprint density at radius 2 is 1.88 bits per heavy atom. The van der Waals surface area contributed by atoms with Gasteiger partial charge in [0.2, 0.25) is 0 Å². The minimum atomic E-state index is 0.779. The molecule has 0 atom stereocenters. The lowest BCUT2D eigenvalue weighted by molar-refractivity contribution is 0.458. The SMILES string of the molecule is Cc1ccccc1-c1ccc2c(N(C)c3cccnc3)noc2c1. The predicted molar refractivity (Wildman–Crippen MR) is 96.5 cm³/mol. The number of anilines is 2. The molecule has 0 N–H and O–H groups in total. The van der Waals surface area contributed by atoms with Gasteiger partial charge < -0.3 is 9.42 Å². The van der Waals surface area contributed by atoms with Crippen molar-refractivity contribution in [3.8, 4) is 11.1 Å². The van der Waals surface area contributed by atoms with E-state index in [1.807, 2.05) is 42.4 Å². The highest BCUT2D eigenvalue weighted by atomic mass is 16.5. The van der Waals surface area contributed by atoms with Gasteiger partial charge in [0.15, 0.2) is 11.4 Å². The Morgan fingerprint density at radius 1 is 1.00 bits per heavy atom. The summed E-state index contributed by atoms with van der Waals surface area (Å²) in [6.45, 7) is 2.11. The van der Waals surface area contributed by atoms with Gasteiger partial charge in [-0.05, 0) is 47.9 Å². The van der Waals surface area contributed by atoms with Gasteiger partial charge in [0.1, 0.15) is 0 Å². The van der Waals surface area contributed by atoms with Gasteiger partial charge in [-0.3, -0.25) is 4.98 Å². The van der Waals surface area contributed by atoms with E-state index in [1.54, 1.807) is 6.20 Å². The molecule has 2 heterocycles. The summed E-state index contributed by atoms with van der Waals surface area (Å²) in [6, 6.07) is 18.5. The van der Waals surface area contributed by atoms with Gasteiger partial charge in [0, 0.05) is 13.2 Å². The number of hydrogen-bond acceptors (Lipinski definition) is 4. The van der Waals surface area contributed by atoms with Crippen molar-refractivity contribution in [2.45, 2.75) is 6.92 Å². The topological polar surface area (TPSA) is 42.2 Å². The van der Waals surface area contributed by atoms with Crippen LogP contribution in [0.15, 0.2) is 71.5 Å². The highest BCUT2D eigenvalue weighted by Gasteiger charge is 2.15. The number of aryl methyl sites for hydroxylation is 1. The first-order valence-corrected chi connectivity index (χ1v) is 7.83. The van der Waals surface area contributed by atoms with E-state index in [0.29, 0.717) is 0 Å². The lowest BCUT2D eigenvalue weighted by Crippen LogP contribution is -2.10. The normalized spacial score (nSPS) is 10.9. The molecule has 4 aromatic rings. The highest BCUT2D eigenvalue weighted by molar-refractivity contribution is 5.93. The number of hydrogen-bond donors (Lipinski definition) is 0. The van der Waals surface area contributed by atoms with Crippen molar-refractivity contribution >= 4 is 22.5 Å². The van der Waals surface area contributed by atoms with Crippen LogP contribution in [0.4, 0.5) is 11.5 Å². The molecule has 0 saturated carbocycles. The molecule has 0 aliphatic heterocycles. The average Bonchev–Trinajstić information content (AvgIpc) is 3.05. The predicted octanol–water partition coefficient (Wildman–Crippen LogP) is 4.97. The molecule has 0 aliphatic rings. The molecule has 2 aromatic heterocycles. The van der Waals surface area contributed by atoms with Crippen LogP contribution in [0.2, 0.25) is 0 Å². The second-order valence-corrected chi connectivity index (χ2v) is 5.80. The highest BCUT2D eigenvalue weighted by Crippen LogP contribution is 2.33. The van der Waals surface area contributed by atoms with Crippen molar-refractivity contribution in [3.05, 3.63) is 72.6 Å². The minimum Gasteiger partial charge on any atom is -0.354 e. The second-order valence-electron chi connectivity index (χ2n) is 5.80. The smallest absolute Gasteiger partial charge is 0.184 e. The minimum absolute atomic E-state index is 0.779. The van der Waals surface area contributed by atoms with Crippen molar-refractivity contribution < 1.29 is 4.52 Å². The average molecular weight is 315 g/mol. The maximum atomic E-state index is 5.58. The van der Waals surface area contributed by atoms with Crippen LogP contribution in [0.5, 0.6) is 0 Å². The molecule has 0 fully saturated rings. The van der Waals surface area contributed by atoms with E-state index in [1.165, 1.54) is 11.1 Å². The molecule has 4 nitrogen and oxygen atoms in total. The van der Waals surface area contributed by atoms with E-state index in [2.05, 4.69) is 47.4 Å². The van der Waals surface area contributed by atoms with Crippen molar-refractivity contribution in [2.24, 2.45) is 0 Å². The summed E-state index contributed by atoms with van der Waals surface area (Å²) >= 11 is 0.